The second kappa shape index (κ2) is 4.26. The highest BCUT2D eigenvalue weighted by molar-refractivity contribution is 5.53. The first-order valence-corrected chi connectivity index (χ1v) is 5.92. The molecule has 0 aliphatic carbocycles. The van der Waals surface area contributed by atoms with E-state index in [-0.39, 0.29) is 17.6 Å². The van der Waals surface area contributed by atoms with E-state index >= 15 is 0 Å². The molecule has 0 atom stereocenters. The van der Waals surface area contributed by atoms with Crippen molar-refractivity contribution in [1.82, 2.24) is 0 Å². The second-order valence-corrected chi connectivity index (χ2v) is 5.14. The molecule has 2 nitrogen and oxygen atoms in total. The van der Waals surface area contributed by atoms with Crippen LogP contribution in [-0.4, -0.2) is 12.1 Å². The SMILES string of the molecule is CC1(C)CCCN1c1ccc(CN)c(F)c1F. The molecule has 0 radical (unpaired) electrons. The minimum Gasteiger partial charge on any atom is -0.364 e. The number of anilines is 1. The van der Waals surface area contributed by atoms with Gasteiger partial charge in [0.2, 0.25) is 0 Å². The number of hydrogen-bond donors (Lipinski definition) is 1. The summed E-state index contributed by atoms with van der Waals surface area (Å²) in [5.74, 6) is -1.59. The number of nitrogens with two attached hydrogens (primary N) is 1. The van der Waals surface area contributed by atoms with Crippen molar-refractivity contribution < 1.29 is 8.78 Å². The Labute approximate surface area is 100 Å². The Morgan fingerprint density at radius 3 is 2.53 bits per heavy atom. The fraction of sp³-hybridized carbons (Fsp3) is 0.538. The zero-order valence-corrected chi connectivity index (χ0v) is 10.3. The standard InChI is InChI=1S/C13H18F2N2/c1-13(2)6-3-7-17(13)10-5-4-9(8-16)11(14)12(10)15/h4-5H,3,6-8,16H2,1-2H3. The van der Waals surface area contributed by atoms with Crippen LogP contribution in [0.5, 0.6) is 0 Å². The van der Waals surface area contributed by atoms with Crippen LogP contribution in [0.15, 0.2) is 12.1 Å². The van der Waals surface area contributed by atoms with E-state index < -0.39 is 11.6 Å². The summed E-state index contributed by atoms with van der Waals surface area (Å²) in [4.78, 5) is 1.94. The third-order valence-electron chi connectivity index (χ3n) is 3.55. The zero-order valence-electron chi connectivity index (χ0n) is 10.3. The van der Waals surface area contributed by atoms with E-state index in [0.29, 0.717) is 5.69 Å². The molecule has 2 N–H and O–H groups in total. The molecule has 0 amide bonds. The summed E-state index contributed by atoms with van der Waals surface area (Å²) in [5, 5.41) is 0. The third-order valence-corrected chi connectivity index (χ3v) is 3.55. The molecule has 0 aromatic heterocycles. The molecule has 1 aliphatic heterocycles. The Balaban J connectivity index is 2.43. The molecule has 0 unspecified atom stereocenters. The maximum atomic E-state index is 14.0. The Bertz CT molecular complexity index is 430. The molecule has 1 fully saturated rings. The average Bonchev–Trinajstić information content (AvgIpc) is 2.62. The summed E-state index contributed by atoms with van der Waals surface area (Å²) in [6.07, 6.45) is 2.00. The van der Waals surface area contributed by atoms with E-state index in [9.17, 15) is 8.78 Å². The van der Waals surface area contributed by atoms with Crippen LogP contribution in [0.2, 0.25) is 0 Å². The van der Waals surface area contributed by atoms with Gasteiger partial charge < -0.3 is 10.6 Å². The lowest BCUT2D eigenvalue weighted by Gasteiger charge is -2.34. The lowest BCUT2D eigenvalue weighted by Crippen LogP contribution is -2.38. The van der Waals surface area contributed by atoms with Gasteiger partial charge in [0, 0.05) is 24.2 Å². The average molecular weight is 240 g/mol. The van der Waals surface area contributed by atoms with Crippen LogP contribution in [0.1, 0.15) is 32.3 Å². The monoisotopic (exact) mass is 240 g/mol. The zero-order chi connectivity index (χ0) is 12.6. The summed E-state index contributed by atoms with van der Waals surface area (Å²) in [7, 11) is 0. The highest BCUT2D eigenvalue weighted by Gasteiger charge is 2.34. The number of hydrogen-bond acceptors (Lipinski definition) is 2. The van der Waals surface area contributed by atoms with Gasteiger partial charge in [0.25, 0.3) is 0 Å². The van der Waals surface area contributed by atoms with Gasteiger partial charge in [-0.15, -0.1) is 0 Å². The quantitative estimate of drug-likeness (QED) is 0.861. The van der Waals surface area contributed by atoms with Gasteiger partial charge in [0.15, 0.2) is 11.6 Å². The molecule has 0 bridgehead atoms. The number of rotatable bonds is 2. The van der Waals surface area contributed by atoms with Crippen molar-refractivity contribution in [1.29, 1.82) is 0 Å². The van der Waals surface area contributed by atoms with Gasteiger partial charge in [-0.05, 0) is 32.8 Å². The van der Waals surface area contributed by atoms with E-state index in [2.05, 4.69) is 0 Å². The molecule has 1 aromatic rings. The molecular formula is C13H18F2N2. The first-order chi connectivity index (χ1) is 7.97. The van der Waals surface area contributed by atoms with Crippen LogP contribution in [0.25, 0.3) is 0 Å². The molecule has 1 saturated heterocycles. The topological polar surface area (TPSA) is 29.3 Å². The summed E-state index contributed by atoms with van der Waals surface area (Å²) in [6, 6.07) is 3.20. The highest BCUT2D eigenvalue weighted by atomic mass is 19.2. The number of benzene rings is 1. The van der Waals surface area contributed by atoms with Gasteiger partial charge in [0.05, 0.1) is 5.69 Å². The minimum absolute atomic E-state index is 0.0203. The van der Waals surface area contributed by atoms with Crippen molar-refractivity contribution in [2.75, 3.05) is 11.4 Å². The number of nitrogens with zero attached hydrogens (tertiary/aromatic N) is 1. The van der Waals surface area contributed by atoms with Gasteiger partial charge in [0.1, 0.15) is 0 Å². The van der Waals surface area contributed by atoms with Crippen molar-refractivity contribution >= 4 is 5.69 Å². The molecule has 4 heteroatoms. The summed E-state index contributed by atoms with van der Waals surface area (Å²) in [5.41, 5.74) is 5.82. The second-order valence-electron chi connectivity index (χ2n) is 5.14. The lowest BCUT2D eigenvalue weighted by molar-refractivity contribution is 0.476. The molecule has 0 spiro atoms. The van der Waals surface area contributed by atoms with Crippen LogP contribution in [-0.2, 0) is 6.54 Å². The smallest absolute Gasteiger partial charge is 0.182 e. The van der Waals surface area contributed by atoms with E-state index in [1.54, 1.807) is 12.1 Å². The molecular weight excluding hydrogens is 222 g/mol. The fourth-order valence-electron chi connectivity index (χ4n) is 2.50. The van der Waals surface area contributed by atoms with E-state index in [1.807, 2.05) is 18.7 Å². The van der Waals surface area contributed by atoms with Gasteiger partial charge in [-0.25, -0.2) is 8.78 Å². The van der Waals surface area contributed by atoms with Crippen molar-refractivity contribution in [3.05, 3.63) is 29.3 Å². The Kier molecular flexibility index (Phi) is 3.08. The van der Waals surface area contributed by atoms with Crippen molar-refractivity contribution in [3.8, 4) is 0 Å². The molecule has 2 rings (SSSR count). The lowest BCUT2D eigenvalue weighted by atomic mass is 10.0. The van der Waals surface area contributed by atoms with Gasteiger partial charge in [-0.3, -0.25) is 0 Å². The summed E-state index contributed by atoms with van der Waals surface area (Å²) >= 11 is 0. The van der Waals surface area contributed by atoms with Crippen LogP contribution >= 0.6 is 0 Å². The Morgan fingerprint density at radius 2 is 2.00 bits per heavy atom. The first kappa shape index (κ1) is 12.3. The van der Waals surface area contributed by atoms with Crippen molar-refractivity contribution in [2.45, 2.75) is 38.8 Å². The van der Waals surface area contributed by atoms with E-state index in [1.165, 1.54) is 0 Å². The predicted molar refractivity (Wildman–Crippen MR) is 64.9 cm³/mol. The molecule has 1 aliphatic rings. The fourth-order valence-corrected chi connectivity index (χ4v) is 2.50. The van der Waals surface area contributed by atoms with Crippen LogP contribution in [0.3, 0.4) is 0 Å². The first-order valence-electron chi connectivity index (χ1n) is 5.92. The molecule has 1 aromatic carbocycles. The molecule has 17 heavy (non-hydrogen) atoms. The summed E-state index contributed by atoms with van der Waals surface area (Å²) < 4.78 is 27.7. The van der Waals surface area contributed by atoms with Crippen molar-refractivity contribution in [2.24, 2.45) is 5.73 Å². The number of halogens is 2. The largest absolute Gasteiger partial charge is 0.364 e. The van der Waals surface area contributed by atoms with Crippen LogP contribution in [0.4, 0.5) is 14.5 Å². The molecule has 94 valence electrons. The molecule has 0 saturated carbocycles. The van der Waals surface area contributed by atoms with Crippen LogP contribution in [0, 0.1) is 11.6 Å². The maximum Gasteiger partial charge on any atom is 0.182 e. The normalized spacial score (nSPS) is 18.8. The highest BCUT2D eigenvalue weighted by Crippen LogP contribution is 2.36. The summed E-state index contributed by atoms with van der Waals surface area (Å²) in [6.45, 7) is 4.89. The van der Waals surface area contributed by atoms with Crippen molar-refractivity contribution in [3.63, 3.8) is 0 Å². The Morgan fingerprint density at radius 1 is 1.29 bits per heavy atom. The van der Waals surface area contributed by atoms with E-state index in [4.69, 9.17) is 5.73 Å². The minimum atomic E-state index is -0.812. The predicted octanol–water partition coefficient (Wildman–Crippen LogP) is 2.80. The molecule has 1 heterocycles. The Hall–Kier alpha value is -1.16. The van der Waals surface area contributed by atoms with Gasteiger partial charge in [-0.2, -0.15) is 0 Å². The van der Waals surface area contributed by atoms with Gasteiger partial charge in [-0.1, -0.05) is 6.07 Å². The maximum absolute atomic E-state index is 14.0. The van der Waals surface area contributed by atoms with E-state index in [0.717, 1.165) is 19.4 Å². The third kappa shape index (κ3) is 2.02. The van der Waals surface area contributed by atoms with Gasteiger partial charge >= 0.3 is 0 Å². The van der Waals surface area contributed by atoms with Crippen LogP contribution < -0.4 is 10.6 Å².